The van der Waals surface area contributed by atoms with E-state index < -0.39 is 0 Å². The standard InChI is InChI=1S/C6H9N3O/c1-5-8-2-3-9(5)6(10)4-7/h2-3H,4,7H2,1H3. The molecule has 0 amide bonds. The van der Waals surface area contributed by atoms with E-state index >= 15 is 0 Å². The molecular weight excluding hydrogens is 130 g/mol. The lowest BCUT2D eigenvalue weighted by atomic mass is 10.5. The first-order chi connectivity index (χ1) is 4.75. The first kappa shape index (κ1) is 6.95. The van der Waals surface area contributed by atoms with E-state index in [-0.39, 0.29) is 12.5 Å². The normalized spacial score (nSPS) is 9.80. The van der Waals surface area contributed by atoms with Crippen LogP contribution in [-0.4, -0.2) is 22.0 Å². The van der Waals surface area contributed by atoms with Gasteiger partial charge in [-0.2, -0.15) is 0 Å². The van der Waals surface area contributed by atoms with Gasteiger partial charge in [-0.1, -0.05) is 0 Å². The van der Waals surface area contributed by atoms with Gasteiger partial charge in [-0.3, -0.25) is 9.36 Å². The zero-order valence-electron chi connectivity index (χ0n) is 5.74. The average Bonchev–Trinajstić information content (AvgIpc) is 2.34. The summed E-state index contributed by atoms with van der Waals surface area (Å²) in [4.78, 5) is 14.8. The zero-order chi connectivity index (χ0) is 7.56. The summed E-state index contributed by atoms with van der Waals surface area (Å²) in [6.45, 7) is 1.78. The molecule has 0 saturated carbocycles. The van der Waals surface area contributed by atoms with Gasteiger partial charge in [-0.15, -0.1) is 0 Å². The minimum absolute atomic E-state index is 0.0250. The fourth-order valence-corrected chi connectivity index (χ4v) is 0.740. The van der Waals surface area contributed by atoms with Crippen molar-refractivity contribution in [2.45, 2.75) is 6.92 Å². The molecule has 1 rings (SSSR count). The molecule has 0 aliphatic rings. The van der Waals surface area contributed by atoms with Crippen LogP contribution in [0.1, 0.15) is 10.6 Å². The summed E-state index contributed by atoms with van der Waals surface area (Å²) in [5.41, 5.74) is 5.13. The molecule has 0 bridgehead atoms. The number of imidazole rings is 1. The summed E-state index contributed by atoms with van der Waals surface area (Å²) in [5, 5.41) is 0. The molecule has 0 aliphatic carbocycles. The molecule has 2 N–H and O–H groups in total. The van der Waals surface area contributed by atoms with Crippen LogP contribution in [-0.2, 0) is 0 Å². The van der Waals surface area contributed by atoms with E-state index in [2.05, 4.69) is 4.98 Å². The van der Waals surface area contributed by atoms with Gasteiger partial charge < -0.3 is 5.73 Å². The minimum atomic E-state index is -0.130. The Bertz CT molecular complexity index is 241. The molecule has 10 heavy (non-hydrogen) atoms. The molecule has 4 heteroatoms. The second-order valence-electron chi connectivity index (χ2n) is 1.94. The number of rotatable bonds is 1. The van der Waals surface area contributed by atoms with Crippen LogP contribution in [0.25, 0.3) is 0 Å². The summed E-state index contributed by atoms with van der Waals surface area (Å²) in [7, 11) is 0. The Hall–Kier alpha value is -1.16. The van der Waals surface area contributed by atoms with Gasteiger partial charge in [-0.25, -0.2) is 4.98 Å². The van der Waals surface area contributed by atoms with Crippen molar-refractivity contribution >= 4 is 5.91 Å². The van der Waals surface area contributed by atoms with Crippen molar-refractivity contribution in [1.82, 2.24) is 9.55 Å². The van der Waals surface area contributed by atoms with Gasteiger partial charge in [0.1, 0.15) is 5.82 Å². The largest absolute Gasteiger partial charge is 0.322 e. The molecule has 1 heterocycles. The Morgan fingerprint density at radius 2 is 2.60 bits per heavy atom. The van der Waals surface area contributed by atoms with Gasteiger partial charge in [0.05, 0.1) is 6.54 Å². The second kappa shape index (κ2) is 2.62. The molecule has 0 spiro atoms. The Morgan fingerprint density at radius 1 is 1.90 bits per heavy atom. The highest BCUT2D eigenvalue weighted by molar-refractivity contribution is 5.80. The number of carbonyl (C=O) groups excluding carboxylic acids is 1. The first-order valence-corrected chi connectivity index (χ1v) is 2.99. The lowest BCUT2D eigenvalue weighted by Crippen LogP contribution is -2.21. The van der Waals surface area contributed by atoms with Gasteiger partial charge in [0.15, 0.2) is 0 Å². The van der Waals surface area contributed by atoms with E-state index in [1.165, 1.54) is 4.57 Å². The van der Waals surface area contributed by atoms with Crippen LogP contribution in [0.15, 0.2) is 12.4 Å². The SMILES string of the molecule is Cc1nccn1C(=O)CN. The minimum Gasteiger partial charge on any atom is -0.322 e. The van der Waals surface area contributed by atoms with Crippen LogP contribution >= 0.6 is 0 Å². The molecule has 0 aliphatic heterocycles. The Morgan fingerprint density at radius 3 is 3.00 bits per heavy atom. The Kier molecular flexibility index (Phi) is 1.82. The summed E-state index contributed by atoms with van der Waals surface area (Å²) < 4.78 is 1.43. The van der Waals surface area contributed by atoms with Crippen LogP contribution in [0.3, 0.4) is 0 Å². The number of nitrogens with two attached hydrogens (primary N) is 1. The Labute approximate surface area is 58.7 Å². The Balaban J connectivity index is 2.93. The summed E-state index contributed by atoms with van der Waals surface area (Å²) in [6, 6.07) is 0. The van der Waals surface area contributed by atoms with Crippen molar-refractivity contribution < 1.29 is 4.79 Å². The summed E-state index contributed by atoms with van der Waals surface area (Å²) in [6.07, 6.45) is 3.17. The lowest BCUT2D eigenvalue weighted by molar-refractivity contribution is 0.0921. The highest BCUT2D eigenvalue weighted by atomic mass is 16.2. The van der Waals surface area contributed by atoms with Crippen LogP contribution < -0.4 is 5.73 Å². The van der Waals surface area contributed by atoms with Gasteiger partial charge in [0.2, 0.25) is 5.91 Å². The smallest absolute Gasteiger partial charge is 0.245 e. The third-order valence-corrected chi connectivity index (χ3v) is 1.27. The van der Waals surface area contributed by atoms with Gasteiger partial charge in [-0.05, 0) is 6.92 Å². The maximum absolute atomic E-state index is 10.9. The predicted molar refractivity (Wildman–Crippen MR) is 36.6 cm³/mol. The summed E-state index contributed by atoms with van der Waals surface area (Å²) >= 11 is 0. The number of hydrogen-bond donors (Lipinski definition) is 1. The van der Waals surface area contributed by atoms with E-state index in [1.807, 2.05) is 0 Å². The monoisotopic (exact) mass is 139 g/mol. The third kappa shape index (κ3) is 1.06. The molecule has 0 atom stereocenters. The van der Waals surface area contributed by atoms with Gasteiger partial charge >= 0.3 is 0 Å². The number of aryl methyl sites for hydroxylation is 1. The van der Waals surface area contributed by atoms with Crippen molar-refractivity contribution in [2.75, 3.05) is 6.54 Å². The quantitative estimate of drug-likeness (QED) is 0.585. The highest BCUT2D eigenvalue weighted by Crippen LogP contribution is 1.92. The molecule has 0 radical (unpaired) electrons. The third-order valence-electron chi connectivity index (χ3n) is 1.27. The van der Waals surface area contributed by atoms with Crippen LogP contribution in [0, 0.1) is 6.92 Å². The van der Waals surface area contributed by atoms with E-state index in [9.17, 15) is 4.79 Å². The molecule has 54 valence electrons. The fourth-order valence-electron chi connectivity index (χ4n) is 0.740. The maximum atomic E-state index is 10.9. The average molecular weight is 139 g/mol. The number of nitrogens with zero attached hydrogens (tertiary/aromatic N) is 2. The molecule has 4 nitrogen and oxygen atoms in total. The van der Waals surface area contributed by atoms with Crippen LogP contribution in [0.2, 0.25) is 0 Å². The number of hydrogen-bond acceptors (Lipinski definition) is 3. The van der Waals surface area contributed by atoms with Crippen LogP contribution in [0.5, 0.6) is 0 Å². The van der Waals surface area contributed by atoms with Gasteiger partial charge in [0.25, 0.3) is 0 Å². The highest BCUT2D eigenvalue weighted by Gasteiger charge is 2.02. The molecule has 0 fully saturated rings. The molecule has 1 aromatic heterocycles. The van der Waals surface area contributed by atoms with Crippen molar-refractivity contribution in [2.24, 2.45) is 5.73 Å². The second-order valence-corrected chi connectivity index (χ2v) is 1.94. The van der Waals surface area contributed by atoms with Crippen molar-refractivity contribution in [1.29, 1.82) is 0 Å². The first-order valence-electron chi connectivity index (χ1n) is 2.99. The number of carbonyl (C=O) groups is 1. The van der Waals surface area contributed by atoms with Crippen LogP contribution in [0.4, 0.5) is 0 Å². The van der Waals surface area contributed by atoms with Gasteiger partial charge in [0, 0.05) is 12.4 Å². The van der Waals surface area contributed by atoms with E-state index in [1.54, 1.807) is 19.3 Å². The van der Waals surface area contributed by atoms with Crippen molar-refractivity contribution in [3.8, 4) is 0 Å². The predicted octanol–water partition coefficient (Wildman–Crippen LogP) is -0.210. The molecule has 1 aromatic rings. The van der Waals surface area contributed by atoms with Crippen molar-refractivity contribution in [3.63, 3.8) is 0 Å². The van der Waals surface area contributed by atoms with E-state index in [4.69, 9.17) is 5.73 Å². The summed E-state index contributed by atoms with van der Waals surface area (Å²) in [5.74, 6) is 0.547. The molecular formula is C6H9N3O. The topological polar surface area (TPSA) is 60.9 Å². The maximum Gasteiger partial charge on any atom is 0.245 e. The molecule has 0 aromatic carbocycles. The van der Waals surface area contributed by atoms with E-state index in [0.717, 1.165) is 0 Å². The lowest BCUT2D eigenvalue weighted by Gasteiger charge is -1.97. The van der Waals surface area contributed by atoms with Crippen molar-refractivity contribution in [3.05, 3.63) is 18.2 Å². The number of aromatic nitrogens is 2. The fraction of sp³-hybridized carbons (Fsp3) is 0.333. The zero-order valence-corrected chi connectivity index (χ0v) is 5.74. The molecule has 0 saturated heterocycles. The molecule has 0 unspecified atom stereocenters. The van der Waals surface area contributed by atoms with E-state index in [0.29, 0.717) is 5.82 Å².